The minimum absolute atomic E-state index is 0.0392. The molecule has 0 aliphatic carbocycles. The predicted molar refractivity (Wildman–Crippen MR) is 104 cm³/mol. The number of urea groups is 1. The summed E-state index contributed by atoms with van der Waals surface area (Å²) in [6, 6.07) is 12.0. The van der Waals surface area contributed by atoms with Gasteiger partial charge in [0.1, 0.15) is 6.26 Å². The Bertz CT molecular complexity index is 730. The standard InChI is InChI=1S/C21H27N3O3/c1-17(18-6-3-2-4-7-18)8-10-22-21(26)24-12-5-11-23(13-14-24)20(25)19-9-15-27-16-19/h2-4,6-7,9,15-17H,5,8,10-14H2,1H3,(H,22,26)/t17-/m1/s1. The first-order chi connectivity index (χ1) is 13.1. The average molecular weight is 369 g/mol. The Labute approximate surface area is 160 Å². The maximum absolute atomic E-state index is 12.5. The smallest absolute Gasteiger partial charge is 0.317 e. The molecule has 0 radical (unpaired) electrons. The summed E-state index contributed by atoms with van der Waals surface area (Å²) in [6.07, 6.45) is 4.64. The average Bonchev–Trinajstić information content (AvgIpc) is 3.12. The summed E-state index contributed by atoms with van der Waals surface area (Å²) in [5, 5.41) is 3.02. The monoisotopic (exact) mass is 369 g/mol. The number of hydrogen-bond acceptors (Lipinski definition) is 3. The molecule has 2 aromatic rings. The lowest BCUT2D eigenvalue weighted by atomic mass is 9.98. The van der Waals surface area contributed by atoms with E-state index >= 15 is 0 Å². The van der Waals surface area contributed by atoms with Crippen LogP contribution in [0, 0.1) is 0 Å². The Morgan fingerprint density at radius 1 is 1.07 bits per heavy atom. The fourth-order valence-electron chi connectivity index (χ4n) is 3.35. The zero-order chi connectivity index (χ0) is 19.1. The van der Waals surface area contributed by atoms with Crippen molar-refractivity contribution in [3.8, 4) is 0 Å². The lowest BCUT2D eigenvalue weighted by Gasteiger charge is -2.22. The summed E-state index contributed by atoms with van der Waals surface area (Å²) in [5.41, 5.74) is 1.85. The van der Waals surface area contributed by atoms with Crippen LogP contribution in [0.3, 0.4) is 0 Å². The van der Waals surface area contributed by atoms with Gasteiger partial charge in [-0.05, 0) is 30.4 Å². The minimum atomic E-state index is -0.0483. The summed E-state index contributed by atoms with van der Waals surface area (Å²) < 4.78 is 4.99. The Hall–Kier alpha value is -2.76. The number of carbonyl (C=O) groups is 2. The first kappa shape index (κ1) is 19.0. The van der Waals surface area contributed by atoms with E-state index in [0.717, 1.165) is 12.8 Å². The molecule has 6 nitrogen and oxygen atoms in total. The first-order valence-electron chi connectivity index (χ1n) is 9.54. The number of rotatable bonds is 5. The van der Waals surface area contributed by atoms with Gasteiger partial charge in [-0.25, -0.2) is 4.79 Å². The van der Waals surface area contributed by atoms with Crippen molar-refractivity contribution in [3.63, 3.8) is 0 Å². The lowest BCUT2D eigenvalue weighted by molar-refractivity contribution is 0.0761. The van der Waals surface area contributed by atoms with Gasteiger partial charge in [-0.15, -0.1) is 0 Å². The Morgan fingerprint density at radius 2 is 1.81 bits per heavy atom. The third-order valence-electron chi connectivity index (χ3n) is 5.06. The predicted octanol–water partition coefficient (Wildman–Crippen LogP) is 3.33. The molecule has 0 bridgehead atoms. The molecule has 2 heterocycles. The topological polar surface area (TPSA) is 65.8 Å². The number of amides is 3. The molecule has 144 valence electrons. The van der Waals surface area contributed by atoms with Gasteiger partial charge in [-0.2, -0.15) is 0 Å². The highest BCUT2D eigenvalue weighted by molar-refractivity contribution is 5.93. The summed E-state index contributed by atoms with van der Waals surface area (Å²) in [5.74, 6) is 0.362. The maximum atomic E-state index is 12.5. The van der Waals surface area contributed by atoms with Crippen molar-refractivity contribution in [2.45, 2.75) is 25.7 Å². The molecule has 0 saturated carbocycles. The van der Waals surface area contributed by atoms with Gasteiger partial charge in [-0.3, -0.25) is 4.79 Å². The fraction of sp³-hybridized carbons (Fsp3) is 0.429. The molecule has 1 aliphatic heterocycles. The molecule has 6 heteroatoms. The van der Waals surface area contributed by atoms with E-state index in [9.17, 15) is 9.59 Å². The second-order valence-electron chi connectivity index (χ2n) is 6.98. The number of furan rings is 1. The molecule has 1 N–H and O–H groups in total. The summed E-state index contributed by atoms with van der Waals surface area (Å²) in [7, 11) is 0. The third kappa shape index (κ3) is 5.12. The van der Waals surface area contributed by atoms with E-state index in [1.165, 1.54) is 18.1 Å². The third-order valence-corrected chi connectivity index (χ3v) is 5.06. The van der Waals surface area contributed by atoms with E-state index in [-0.39, 0.29) is 11.9 Å². The number of hydrogen-bond donors (Lipinski definition) is 1. The molecule has 1 fully saturated rings. The van der Waals surface area contributed by atoms with Gasteiger partial charge in [0.25, 0.3) is 5.91 Å². The SMILES string of the molecule is C[C@H](CCNC(=O)N1CCCN(C(=O)c2ccoc2)CC1)c1ccccc1. The van der Waals surface area contributed by atoms with Crippen LogP contribution in [0.4, 0.5) is 4.79 Å². The van der Waals surface area contributed by atoms with Crippen LogP contribution in [-0.4, -0.2) is 54.5 Å². The van der Waals surface area contributed by atoms with Crippen LogP contribution in [-0.2, 0) is 0 Å². The number of nitrogens with zero attached hydrogens (tertiary/aromatic N) is 2. The molecular formula is C21H27N3O3. The molecular weight excluding hydrogens is 342 g/mol. The molecule has 1 atom stereocenters. The van der Waals surface area contributed by atoms with Crippen LogP contribution in [0.15, 0.2) is 53.3 Å². The van der Waals surface area contributed by atoms with Crippen molar-refractivity contribution in [2.75, 3.05) is 32.7 Å². The number of nitrogens with one attached hydrogen (secondary N) is 1. The molecule has 27 heavy (non-hydrogen) atoms. The van der Waals surface area contributed by atoms with Gasteiger partial charge in [0.15, 0.2) is 0 Å². The van der Waals surface area contributed by atoms with E-state index in [2.05, 4.69) is 24.4 Å². The van der Waals surface area contributed by atoms with Gasteiger partial charge in [0.05, 0.1) is 11.8 Å². The molecule has 3 rings (SSSR count). The zero-order valence-corrected chi connectivity index (χ0v) is 15.8. The normalized spacial score (nSPS) is 15.9. The van der Waals surface area contributed by atoms with E-state index in [1.54, 1.807) is 15.9 Å². The number of benzene rings is 1. The number of carbonyl (C=O) groups excluding carboxylic acids is 2. The van der Waals surface area contributed by atoms with Crippen molar-refractivity contribution in [1.29, 1.82) is 0 Å². The van der Waals surface area contributed by atoms with Crippen molar-refractivity contribution < 1.29 is 14.0 Å². The van der Waals surface area contributed by atoms with Gasteiger partial charge < -0.3 is 19.5 Å². The van der Waals surface area contributed by atoms with Crippen molar-refractivity contribution in [2.24, 2.45) is 0 Å². The van der Waals surface area contributed by atoms with E-state index < -0.39 is 0 Å². The van der Waals surface area contributed by atoms with Crippen molar-refractivity contribution >= 4 is 11.9 Å². The highest BCUT2D eigenvalue weighted by Gasteiger charge is 2.23. The summed E-state index contributed by atoms with van der Waals surface area (Å²) >= 11 is 0. The fourth-order valence-corrected chi connectivity index (χ4v) is 3.35. The second-order valence-corrected chi connectivity index (χ2v) is 6.98. The van der Waals surface area contributed by atoms with Crippen LogP contribution in [0.1, 0.15) is 41.6 Å². The van der Waals surface area contributed by atoms with E-state index in [4.69, 9.17) is 4.42 Å². The highest BCUT2D eigenvalue weighted by atomic mass is 16.3. The largest absolute Gasteiger partial charge is 0.472 e. The van der Waals surface area contributed by atoms with Gasteiger partial charge >= 0.3 is 6.03 Å². The second kappa shape index (κ2) is 9.26. The zero-order valence-electron chi connectivity index (χ0n) is 15.8. The first-order valence-corrected chi connectivity index (χ1v) is 9.54. The molecule has 0 unspecified atom stereocenters. The van der Waals surface area contributed by atoms with Crippen LogP contribution >= 0.6 is 0 Å². The maximum Gasteiger partial charge on any atom is 0.317 e. The lowest BCUT2D eigenvalue weighted by Crippen LogP contribution is -2.43. The molecule has 1 aromatic heterocycles. The summed E-state index contributed by atoms with van der Waals surface area (Å²) in [4.78, 5) is 28.5. The van der Waals surface area contributed by atoms with Gasteiger partial charge in [0.2, 0.25) is 0 Å². The van der Waals surface area contributed by atoms with Gasteiger partial charge in [-0.1, -0.05) is 37.3 Å². The Morgan fingerprint density at radius 3 is 2.56 bits per heavy atom. The van der Waals surface area contributed by atoms with Crippen LogP contribution < -0.4 is 5.32 Å². The molecule has 3 amide bonds. The van der Waals surface area contributed by atoms with Crippen LogP contribution in [0.2, 0.25) is 0 Å². The van der Waals surface area contributed by atoms with Gasteiger partial charge in [0, 0.05) is 32.7 Å². The van der Waals surface area contributed by atoms with Crippen molar-refractivity contribution in [3.05, 3.63) is 60.1 Å². The van der Waals surface area contributed by atoms with Crippen LogP contribution in [0.5, 0.6) is 0 Å². The Balaban J connectivity index is 1.43. The van der Waals surface area contributed by atoms with Crippen molar-refractivity contribution in [1.82, 2.24) is 15.1 Å². The Kier molecular flexibility index (Phi) is 6.52. The molecule has 1 aliphatic rings. The van der Waals surface area contributed by atoms with E-state index in [1.807, 2.05) is 18.2 Å². The molecule has 1 saturated heterocycles. The van der Waals surface area contributed by atoms with Crippen LogP contribution in [0.25, 0.3) is 0 Å². The highest BCUT2D eigenvalue weighted by Crippen LogP contribution is 2.17. The molecule has 1 aromatic carbocycles. The van der Waals surface area contributed by atoms with E-state index in [0.29, 0.717) is 44.2 Å². The summed E-state index contributed by atoms with van der Waals surface area (Å²) in [6.45, 7) is 5.21. The quantitative estimate of drug-likeness (QED) is 0.879. The molecule has 0 spiro atoms. The minimum Gasteiger partial charge on any atom is -0.472 e.